The Kier molecular flexibility index (Phi) is 6.37. The molecule has 0 spiro atoms. The number of benzene rings is 1. The maximum Gasteiger partial charge on any atom is 0.416 e. The number of piperazine rings is 1. The van der Waals surface area contributed by atoms with Gasteiger partial charge >= 0.3 is 6.18 Å². The van der Waals surface area contributed by atoms with Crippen LogP contribution >= 0.6 is 12.4 Å². The van der Waals surface area contributed by atoms with Crippen LogP contribution in [0.2, 0.25) is 0 Å². The third-order valence-corrected chi connectivity index (χ3v) is 6.45. The largest absolute Gasteiger partial charge is 0.416 e. The Labute approximate surface area is 151 Å². The number of hydrogen-bond acceptors (Lipinski definition) is 4. The van der Waals surface area contributed by atoms with Gasteiger partial charge in [-0.2, -0.15) is 17.5 Å². The predicted molar refractivity (Wildman–Crippen MR) is 90.3 cm³/mol. The van der Waals surface area contributed by atoms with Crippen molar-refractivity contribution >= 4 is 22.4 Å². The summed E-state index contributed by atoms with van der Waals surface area (Å²) in [6.07, 6.45) is -3.85. The van der Waals surface area contributed by atoms with E-state index in [1.807, 2.05) is 0 Å². The van der Waals surface area contributed by atoms with E-state index in [2.05, 4.69) is 10.2 Å². The highest BCUT2D eigenvalue weighted by Gasteiger charge is 2.37. The maximum atomic E-state index is 12.8. The van der Waals surface area contributed by atoms with Crippen LogP contribution in [0.4, 0.5) is 13.2 Å². The summed E-state index contributed by atoms with van der Waals surface area (Å²) >= 11 is 0. The molecule has 2 saturated heterocycles. The van der Waals surface area contributed by atoms with E-state index < -0.39 is 21.8 Å². The zero-order valence-corrected chi connectivity index (χ0v) is 15.1. The smallest absolute Gasteiger partial charge is 0.314 e. The van der Waals surface area contributed by atoms with Crippen molar-refractivity contribution in [1.82, 2.24) is 14.5 Å². The fraction of sp³-hybridized carbons (Fsp3) is 0.600. The van der Waals surface area contributed by atoms with Gasteiger partial charge in [0.2, 0.25) is 10.0 Å². The monoisotopic (exact) mass is 399 g/mol. The van der Waals surface area contributed by atoms with Gasteiger partial charge in [0, 0.05) is 45.3 Å². The second-order valence-electron chi connectivity index (χ2n) is 6.12. The lowest BCUT2D eigenvalue weighted by Gasteiger charge is -2.32. The summed E-state index contributed by atoms with van der Waals surface area (Å²) < 4.78 is 65.1. The summed E-state index contributed by atoms with van der Waals surface area (Å²) in [6.45, 7) is 4.14. The van der Waals surface area contributed by atoms with Gasteiger partial charge in [0.15, 0.2) is 0 Å². The summed E-state index contributed by atoms with van der Waals surface area (Å²) in [5.74, 6) is 0. The van der Waals surface area contributed by atoms with E-state index in [0.717, 1.165) is 38.3 Å². The Bertz CT molecular complexity index is 694. The SMILES string of the molecule is Cl.O=S(=O)(c1cccc(C(F)(F)F)c1)N1CCC(N2CCNCC2)C1. The van der Waals surface area contributed by atoms with Gasteiger partial charge in [0.25, 0.3) is 0 Å². The van der Waals surface area contributed by atoms with Crippen LogP contribution in [0.25, 0.3) is 0 Å². The van der Waals surface area contributed by atoms with E-state index in [1.54, 1.807) is 0 Å². The first kappa shape index (κ1) is 20.4. The zero-order valence-electron chi connectivity index (χ0n) is 13.5. The molecule has 0 aromatic heterocycles. The van der Waals surface area contributed by atoms with Gasteiger partial charge in [-0.25, -0.2) is 8.42 Å². The number of nitrogens with one attached hydrogen (secondary N) is 1. The van der Waals surface area contributed by atoms with Crippen LogP contribution in [-0.4, -0.2) is 62.9 Å². The number of sulfonamides is 1. The van der Waals surface area contributed by atoms with Crippen molar-refractivity contribution in [3.05, 3.63) is 29.8 Å². The highest BCUT2D eigenvalue weighted by Crippen LogP contribution is 2.32. The average molecular weight is 400 g/mol. The zero-order chi connectivity index (χ0) is 17.4. The molecule has 1 aromatic rings. The minimum absolute atomic E-state index is 0. The molecule has 142 valence electrons. The van der Waals surface area contributed by atoms with Crippen LogP contribution in [0, 0.1) is 0 Å². The van der Waals surface area contributed by atoms with E-state index in [4.69, 9.17) is 0 Å². The summed E-state index contributed by atoms with van der Waals surface area (Å²) in [7, 11) is -3.90. The molecule has 2 fully saturated rings. The second kappa shape index (κ2) is 7.79. The molecule has 0 saturated carbocycles. The first-order valence-electron chi connectivity index (χ1n) is 7.91. The van der Waals surface area contributed by atoms with Crippen molar-refractivity contribution in [3.8, 4) is 0 Å². The molecule has 1 aromatic carbocycles. The average Bonchev–Trinajstić information content (AvgIpc) is 3.06. The Morgan fingerprint density at radius 3 is 2.44 bits per heavy atom. The molecule has 1 N–H and O–H groups in total. The minimum Gasteiger partial charge on any atom is -0.314 e. The van der Waals surface area contributed by atoms with E-state index >= 15 is 0 Å². The molecular weight excluding hydrogens is 379 g/mol. The number of nitrogens with zero attached hydrogens (tertiary/aromatic N) is 2. The van der Waals surface area contributed by atoms with Crippen LogP contribution in [0.1, 0.15) is 12.0 Å². The van der Waals surface area contributed by atoms with E-state index in [1.165, 1.54) is 10.4 Å². The van der Waals surface area contributed by atoms with Crippen molar-refractivity contribution in [1.29, 1.82) is 0 Å². The van der Waals surface area contributed by atoms with Crippen LogP contribution < -0.4 is 5.32 Å². The molecule has 1 atom stereocenters. The fourth-order valence-electron chi connectivity index (χ4n) is 3.26. The van der Waals surface area contributed by atoms with Crippen molar-refractivity contribution < 1.29 is 21.6 Å². The van der Waals surface area contributed by atoms with Crippen molar-refractivity contribution in [3.63, 3.8) is 0 Å². The van der Waals surface area contributed by atoms with Crippen LogP contribution in [0.5, 0.6) is 0 Å². The predicted octanol–water partition coefficient (Wildman–Crippen LogP) is 1.80. The van der Waals surface area contributed by atoms with E-state index in [-0.39, 0.29) is 23.3 Å². The fourth-order valence-corrected chi connectivity index (χ4v) is 4.79. The van der Waals surface area contributed by atoms with Gasteiger partial charge in [-0.05, 0) is 24.6 Å². The molecule has 0 aliphatic carbocycles. The quantitative estimate of drug-likeness (QED) is 0.842. The summed E-state index contributed by atoms with van der Waals surface area (Å²) in [4.78, 5) is 1.95. The number of alkyl halides is 3. The second-order valence-corrected chi connectivity index (χ2v) is 8.06. The molecule has 3 rings (SSSR count). The molecule has 2 aliphatic rings. The highest BCUT2D eigenvalue weighted by atomic mass is 35.5. The number of halogens is 4. The van der Waals surface area contributed by atoms with Crippen molar-refractivity contribution in [2.45, 2.75) is 23.5 Å². The molecule has 0 amide bonds. The molecule has 10 heteroatoms. The molecule has 5 nitrogen and oxygen atoms in total. The number of hydrogen-bond donors (Lipinski definition) is 1. The standard InChI is InChI=1S/C15H20F3N3O2S.ClH/c16-15(17,18)12-2-1-3-14(10-12)24(22,23)21-7-4-13(11-21)20-8-5-19-6-9-20;/h1-3,10,13,19H,4-9,11H2;1H. The topological polar surface area (TPSA) is 52.7 Å². The highest BCUT2D eigenvalue weighted by molar-refractivity contribution is 7.89. The lowest BCUT2D eigenvalue weighted by Crippen LogP contribution is -2.49. The molecular formula is C15H21ClF3N3O2S. The summed E-state index contributed by atoms with van der Waals surface area (Å²) in [6, 6.07) is 4.09. The lowest BCUT2D eigenvalue weighted by molar-refractivity contribution is -0.137. The third-order valence-electron chi connectivity index (χ3n) is 4.59. The Balaban J connectivity index is 0.00000225. The van der Waals surface area contributed by atoms with Crippen molar-refractivity contribution in [2.24, 2.45) is 0 Å². The van der Waals surface area contributed by atoms with Crippen LogP contribution in [0.15, 0.2) is 29.2 Å². The third kappa shape index (κ3) is 4.46. The van der Waals surface area contributed by atoms with E-state index in [0.29, 0.717) is 25.6 Å². The van der Waals surface area contributed by atoms with Crippen LogP contribution in [0.3, 0.4) is 0 Å². The minimum atomic E-state index is -4.56. The first-order chi connectivity index (χ1) is 11.3. The summed E-state index contributed by atoms with van der Waals surface area (Å²) in [5.41, 5.74) is -0.943. The van der Waals surface area contributed by atoms with Crippen molar-refractivity contribution in [2.75, 3.05) is 39.3 Å². The van der Waals surface area contributed by atoms with Gasteiger partial charge in [0.1, 0.15) is 0 Å². The van der Waals surface area contributed by atoms with Crippen LogP contribution in [-0.2, 0) is 16.2 Å². The van der Waals surface area contributed by atoms with Gasteiger partial charge in [-0.3, -0.25) is 4.90 Å². The molecule has 2 aliphatic heterocycles. The van der Waals surface area contributed by atoms with Gasteiger partial charge < -0.3 is 5.32 Å². The lowest BCUT2D eigenvalue weighted by atomic mass is 10.2. The van der Waals surface area contributed by atoms with Gasteiger partial charge in [-0.15, -0.1) is 12.4 Å². The molecule has 0 radical (unpaired) electrons. The normalized spacial score (nSPS) is 23.4. The first-order valence-corrected chi connectivity index (χ1v) is 9.35. The molecule has 2 heterocycles. The Hall–Kier alpha value is -0.870. The molecule has 25 heavy (non-hydrogen) atoms. The maximum absolute atomic E-state index is 12.8. The van der Waals surface area contributed by atoms with E-state index in [9.17, 15) is 21.6 Å². The molecule has 0 bridgehead atoms. The Morgan fingerprint density at radius 2 is 1.80 bits per heavy atom. The number of rotatable bonds is 3. The molecule has 1 unspecified atom stereocenters. The Morgan fingerprint density at radius 1 is 1.12 bits per heavy atom. The summed E-state index contributed by atoms with van der Waals surface area (Å²) in [5, 5.41) is 3.25. The van der Waals surface area contributed by atoms with Gasteiger partial charge in [-0.1, -0.05) is 6.07 Å². The van der Waals surface area contributed by atoms with Gasteiger partial charge in [0.05, 0.1) is 10.5 Å².